The van der Waals surface area contributed by atoms with Gasteiger partial charge in [0.05, 0.1) is 5.69 Å². The minimum absolute atomic E-state index is 0.283. The zero-order chi connectivity index (χ0) is 21.8. The van der Waals surface area contributed by atoms with E-state index in [-0.39, 0.29) is 11.8 Å². The molecule has 1 heterocycles. The van der Waals surface area contributed by atoms with E-state index in [1.54, 1.807) is 23.9 Å². The van der Waals surface area contributed by atoms with E-state index in [1.165, 1.54) is 0 Å². The molecule has 7 heteroatoms. The van der Waals surface area contributed by atoms with Gasteiger partial charge >= 0.3 is 0 Å². The molecule has 1 unspecified atom stereocenters. The number of benzene rings is 3. The molecule has 0 saturated carbocycles. The largest absolute Gasteiger partial charge is 0.340 e. The number of anilines is 1. The van der Waals surface area contributed by atoms with E-state index < -0.39 is 6.04 Å². The molecule has 7 nitrogen and oxygen atoms in total. The van der Waals surface area contributed by atoms with E-state index in [4.69, 9.17) is 0 Å². The Labute approximate surface area is 180 Å². The minimum Gasteiger partial charge on any atom is -0.340 e. The van der Waals surface area contributed by atoms with Gasteiger partial charge in [0.15, 0.2) is 0 Å². The summed E-state index contributed by atoms with van der Waals surface area (Å²) in [5, 5.41) is 14.0. The van der Waals surface area contributed by atoms with Crippen LogP contribution in [0.5, 0.6) is 0 Å². The third kappa shape index (κ3) is 4.45. The van der Waals surface area contributed by atoms with Crippen LogP contribution in [0, 0.1) is 6.92 Å². The van der Waals surface area contributed by atoms with Crippen LogP contribution >= 0.6 is 0 Å². The van der Waals surface area contributed by atoms with Crippen LogP contribution < -0.4 is 10.6 Å². The number of rotatable bonds is 6. The van der Waals surface area contributed by atoms with Crippen molar-refractivity contribution in [3.63, 3.8) is 0 Å². The fraction of sp³-hybridized carbons (Fsp3) is 0.167. The first-order chi connectivity index (χ1) is 15.0. The van der Waals surface area contributed by atoms with Gasteiger partial charge in [-0.2, -0.15) is 0 Å². The maximum Gasteiger partial charge on any atom is 0.252 e. The number of hydrogen-bond acceptors (Lipinski definition) is 4. The predicted molar refractivity (Wildman–Crippen MR) is 120 cm³/mol. The van der Waals surface area contributed by atoms with E-state index in [9.17, 15) is 9.59 Å². The minimum atomic E-state index is -0.758. The topological polar surface area (TPSA) is 88.9 Å². The molecule has 0 aliphatic heterocycles. The van der Waals surface area contributed by atoms with Gasteiger partial charge in [-0.25, -0.2) is 4.68 Å². The van der Waals surface area contributed by atoms with Crippen molar-refractivity contribution in [3.8, 4) is 0 Å². The van der Waals surface area contributed by atoms with Crippen LogP contribution in [0.15, 0.2) is 72.8 Å². The van der Waals surface area contributed by atoms with Crippen LogP contribution in [-0.2, 0) is 18.3 Å². The summed E-state index contributed by atoms with van der Waals surface area (Å²) in [6.45, 7) is 1.87. The van der Waals surface area contributed by atoms with E-state index in [0.29, 0.717) is 23.2 Å². The van der Waals surface area contributed by atoms with E-state index >= 15 is 0 Å². The number of nitrogens with zero attached hydrogens (tertiary/aromatic N) is 3. The lowest BCUT2D eigenvalue weighted by Gasteiger charge is -2.20. The Balaban J connectivity index is 1.61. The lowest BCUT2D eigenvalue weighted by Crippen LogP contribution is -2.45. The molecule has 4 rings (SSSR count). The van der Waals surface area contributed by atoms with Crippen molar-refractivity contribution in [2.75, 3.05) is 5.32 Å². The maximum absolute atomic E-state index is 13.3. The van der Waals surface area contributed by atoms with Gasteiger partial charge in [-0.15, -0.1) is 5.10 Å². The smallest absolute Gasteiger partial charge is 0.252 e. The molecule has 1 atom stereocenters. The first-order valence-corrected chi connectivity index (χ1v) is 10.0. The van der Waals surface area contributed by atoms with Gasteiger partial charge in [0.2, 0.25) is 5.91 Å². The van der Waals surface area contributed by atoms with Crippen LogP contribution in [-0.4, -0.2) is 32.9 Å². The molecule has 31 heavy (non-hydrogen) atoms. The van der Waals surface area contributed by atoms with Gasteiger partial charge in [-0.05, 0) is 36.2 Å². The summed E-state index contributed by atoms with van der Waals surface area (Å²) in [6.07, 6.45) is 0.365. The van der Waals surface area contributed by atoms with Crippen molar-refractivity contribution in [2.24, 2.45) is 7.05 Å². The molecule has 4 aromatic rings. The number of aryl methyl sites for hydroxylation is 2. The van der Waals surface area contributed by atoms with Crippen LogP contribution in [0.1, 0.15) is 21.5 Å². The first kappa shape index (κ1) is 20.3. The van der Waals surface area contributed by atoms with Crippen molar-refractivity contribution < 1.29 is 9.59 Å². The summed E-state index contributed by atoms with van der Waals surface area (Å²) in [4.78, 5) is 26.2. The molecule has 0 aliphatic carbocycles. The van der Waals surface area contributed by atoms with Crippen LogP contribution in [0.4, 0.5) is 5.69 Å². The van der Waals surface area contributed by atoms with Gasteiger partial charge in [0.1, 0.15) is 17.1 Å². The summed E-state index contributed by atoms with van der Waals surface area (Å²) in [6, 6.07) is 21.6. The summed E-state index contributed by atoms with van der Waals surface area (Å²) in [7, 11) is 1.77. The molecule has 0 fully saturated rings. The Morgan fingerprint density at radius 2 is 1.71 bits per heavy atom. The number of para-hydroxylation sites is 1. The molecule has 0 saturated heterocycles. The number of hydrogen-bond donors (Lipinski definition) is 2. The molecule has 0 radical (unpaired) electrons. The zero-order valence-corrected chi connectivity index (χ0v) is 17.4. The van der Waals surface area contributed by atoms with Crippen LogP contribution in [0.25, 0.3) is 11.0 Å². The van der Waals surface area contributed by atoms with E-state index in [1.807, 2.05) is 67.6 Å². The normalized spacial score (nSPS) is 11.8. The average Bonchev–Trinajstić information content (AvgIpc) is 3.16. The highest BCUT2D eigenvalue weighted by molar-refractivity contribution is 6.04. The molecular weight excluding hydrogens is 390 g/mol. The van der Waals surface area contributed by atoms with E-state index in [0.717, 1.165) is 16.6 Å². The Morgan fingerprint density at radius 1 is 0.968 bits per heavy atom. The summed E-state index contributed by atoms with van der Waals surface area (Å²) in [5.41, 5.74) is 4.35. The summed E-state index contributed by atoms with van der Waals surface area (Å²) >= 11 is 0. The second-order valence-corrected chi connectivity index (χ2v) is 7.41. The average molecular weight is 413 g/mol. The van der Waals surface area contributed by atoms with Gasteiger partial charge in [-0.3, -0.25) is 9.59 Å². The summed E-state index contributed by atoms with van der Waals surface area (Å²) in [5.74, 6) is -0.589. The lowest BCUT2D eigenvalue weighted by atomic mass is 10.0. The molecule has 0 aliphatic rings. The fourth-order valence-electron chi connectivity index (χ4n) is 3.56. The lowest BCUT2D eigenvalue weighted by molar-refractivity contribution is -0.118. The number of nitrogens with one attached hydrogen (secondary N) is 2. The number of amides is 2. The second-order valence-electron chi connectivity index (χ2n) is 7.41. The Bertz CT molecular complexity index is 1230. The van der Waals surface area contributed by atoms with Crippen molar-refractivity contribution >= 4 is 28.5 Å². The van der Waals surface area contributed by atoms with Gasteiger partial charge in [-0.1, -0.05) is 59.8 Å². The molecule has 156 valence electrons. The van der Waals surface area contributed by atoms with Gasteiger partial charge in [0, 0.05) is 19.0 Å². The highest BCUT2D eigenvalue weighted by Gasteiger charge is 2.24. The number of aromatic nitrogens is 3. The second kappa shape index (κ2) is 8.79. The van der Waals surface area contributed by atoms with Crippen molar-refractivity contribution in [3.05, 3.63) is 89.5 Å². The Kier molecular flexibility index (Phi) is 5.75. The first-order valence-electron chi connectivity index (χ1n) is 10.0. The third-order valence-corrected chi connectivity index (χ3v) is 5.18. The molecular formula is C24H23N5O2. The van der Waals surface area contributed by atoms with Gasteiger partial charge in [0.25, 0.3) is 5.91 Å². The highest BCUT2D eigenvalue weighted by Crippen LogP contribution is 2.21. The fourth-order valence-corrected chi connectivity index (χ4v) is 3.56. The number of fused-ring (bicyclic) bond motifs is 1. The third-order valence-electron chi connectivity index (χ3n) is 5.18. The highest BCUT2D eigenvalue weighted by atomic mass is 16.2. The van der Waals surface area contributed by atoms with Crippen LogP contribution in [0.3, 0.4) is 0 Å². The predicted octanol–water partition coefficient (Wildman–Crippen LogP) is 3.26. The zero-order valence-electron chi connectivity index (χ0n) is 17.4. The SMILES string of the molecule is Cc1ccccc1C(=O)NC(Cc1ccccc1)C(=O)Nc1cccc2nnn(C)c12. The molecule has 2 amide bonds. The Hall–Kier alpha value is -4.00. The van der Waals surface area contributed by atoms with Crippen LogP contribution in [0.2, 0.25) is 0 Å². The monoisotopic (exact) mass is 413 g/mol. The molecule has 2 N–H and O–H groups in total. The summed E-state index contributed by atoms with van der Waals surface area (Å²) < 4.78 is 1.61. The molecule has 3 aromatic carbocycles. The molecule has 0 bridgehead atoms. The molecule has 1 aromatic heterocycles. The van der Waals surface area contributed by atoms with Crippen molar-refractivity contribution in [2.45, 2.75) is 19.4 Å². The number of carbonyl (C=O) groups is 2. The van der Waals surface area contributed by atoms with Crippen molar-refractivity contribution in [1.82, 2.24) is 20.3 Å². The standard InChI is InChI=1S/C24H23N5O2/c1-16-9-6-7-12-18(16)23(30)26-21(15-17-10-4-3-5-11-17)24(31)25-19-13-8-14-20-22(19)29(2)28-27-20/h3-14,21H,15H2,1-2H3,(H,25,31)(H,26,30). The number of carbonyl (C=O) groups excluding carboxylic acids is 2. The van der Waals surface area contributed by atoms with E-state index in [2.05, 4.69) is 20.9 Å². The van der Waals surface area contributed by atoms with Crippen molar-refractivity contribution in [1.29, 1.82) is 0 Å². The Morgan fingerprint density at radius 3 is 2.48 bits per heavy atom. The quantitative estimate of drug-likeness (QED) is 0.508. The van der Waals surface area contributed by atoms with Gasteiger partial charge < -0.3 is 10.6 Å². The maximum atomic E-state index is 13.3. The molecule has 0 spiro atoms.